The second-order valence-corrected chi connectivity index (χ2v) is 13.4. The number of hydrogen-bond donors (Lipinski definition) is 0. The second-order valence-electron chi connectivity index (χ2n) is 12.4. The van der Waals surface area contributed by atoms with E-state index in [1.165, 1.54) is 70.0 Å². The smallest absolute Gasteiger partial charge is 0.147 e. The van der Waals surface area contributed by atoms with Crippen LogP contribution in [0, 0.1) is 0 Å². The Labute approximate surface area is 262 Å². The minimum atomic E-state index is 0.362. The van der Waals surface area contributed by atoms with Crippen LogP contribution >= 0.6 is 11.3 Å². The van der Waals surface area contributed by atoms with Gasteiger partial charge >= 0.3 is 0 Å². The van der Waals surface area contributed by atoms with Gasteiger partial charge in [-0.05, 0) is 57.7 Å². The normalized spacial score (nSPS) is 12.0. The number of rotatable bonds is 5. The maximum atomic E-state index is 5.47. The first-order valence-corrected chi connectivity index (χ1v) is 16.4. The molecule has 0 N–H and O–H groups in total. The first-order valence-electron chi connectivity index (χ1n) is 15.5. The van der Waals surface area contributed by atoms with Crippen LogP contribution in [0.2, 0.25) is 0 Å². The second kappa shape index (κ2) is 10.5. The van der Waals surface area contributed by atoms with Gasteiger partial charge in [0.05, 0.1) is 16.7 Å². The van der Waals surface area contributed by atoms with Crippen LogP contribution in [0.15, 0.2) is 121 Å². The lowest BCUT2D eigenvalue weighted by Crippen LogP contribution is -2.08. The highest BCUT2D eigenvalue weighted by atomic mass is 32.1. The molecule has 214 valence electrons. The summed E-state index contributed by atoms with van der Waals surface area (Å²) in [7, 11) is 0. The minimum Gasteiger partial charge on any atom is -0.291 e. The third-order valence-electron chi connectivity index (χ3n) is 8.95. The van der Waals surface area contributed by atoms with Crippen molar-refractivity contribution in [2.24, 2.45) is 0 Å². The molecule has 0 atom stereocenters. The van der Waals surface area contributed by atoms with E-state index in [0.717, 1.165) is 11.3 Å². The Kier molecular flexibility index (Phi) is 6.39. The summed E-state index contributed by atoms with van der Waals surface area (Å²) in [6, 6.07) is 44.3. The Morgan fingerprint density at radius 2 is 1.30 bits per heavy atom. The molecule has 0 aliphatic rings. The van der Waals surface area contributed by atoms with Crippen molar-refractivity contribution in [1.82, 2.24) is 9.55 Å². The van der Waals surface area contributed by atoms with E-state index in [1.807, 2.05) is 11.3 Å². The van der Waals surface area contributed by atoms with Crippen molar-refractivity contribution in [3.05, 3.63) is 132 Å². The third-order valence-corrected chi connectivity index (χ3v) is 10.2. The van der Waals surface area contributed by atoms with Crippen LogP contribution in [0.3, 0.4) is 0 Å². The molecule has 0 bridgehead atoms. The molecular formula is C41H34N2S. The molecule has 6 aromatic carbocycles. The first-order chi connectivity index (χ1) is 21.5. The van der Waals surface area contributed by atoms with Crippen LogP contribution in [-0.2, 0) is 0 Å². The monoisotopic (exact) mass is 586 g/mol. The fraction of sp³-hybridized carbons (Fsp3) is 0.146. The number of thiophene rings is 1. The lowest BCUT2D eigenvalue weighted by Gasteiger charge is -2.23. The molecule has 0 radical (unpaired) electrons. The number of imidazole rings is 1. The molecule has 2 aromatic heterocycles. The van der Waals surface area contributed by atoms with E-state index in [0.29, 0.717) is 11.8 Å². The number of nitrogens with zero attached hydrogens (tertiary/aromatic N) is 2. The summed E-state index contributed by atoms with van der Waals surface area (Å²) in [6.45, 7) is 9.21. The topological polar surface area (TPSA) is 17.8 Å². The van der Waals surface area contributed by atoms with Crippen molar-refractivity contribution in [2.75, 3.05) is 0 Å². The van der Waals surface area contributed by atoms with Crippen molar-refractivity contribution < 1.29 is 0 Å². The molecule has 0 saturated heterocycles. The van der Waals surface area contributed by atoms with Gasteiger partial charge in [0.15, 0.2) is 0 Å². The van der Waals surface area contributed by atoms with Crippen molar-refractivity contribution in [3.8, 4) is 28.2 Å². The maximum Gasteiger partial charge on any atom is 0.147 e. The van der Waals surface area contributed by atoms with Gasteiger partial charge in [0.25, 0.3) is 0 Å². The Morgan fingerprint density at radius 3 is 2.07 bits per heavy atom. The van der Waals surface area contributed by atoms with Crippen molar-refractivity contribution in [1.29, 1.82) is 0 Å². The van der Waals surface area contributed by atoms with Gasteiger partial charge in [-0.1, -0.05) is 131 Å². The molecule has 44 heavy (non-hydrogen) atoms. The Hall–Kier alpha value is -4.73. The molecule has 2 nitrogen and oxygen atoms in total. The van der Waals surface area contributed by atoms with E-state index >= 15 is 0 Å². The molecule has 3 heteroatoms. The summed E-state index contributed by atoms with van der Waals surface area (Å²) in [6.07, 6.45) is 0. The number of para-hydroxylation sites is 1. The van der Waals surface area contributed by atoms with Gasteiger partial charge in [-0.3, -0.25) is 4.57 Å². The standard InChI is InChI=1S/C41H34N2S/c1-25(2)30-16-10-17-31(26(3)4)38(30)43-39-32-15-9-8-14-28(32)21-23-36(39)42-41(43)35-19-11-18-34-33-22-20-29(24-37(33)44-40(34)35)27-12-6-5-7-13-27/h5-26H,1-4H3. The summed E-state index contributed by atoms with van der Waals surface area (Å²) in [5.41, 5.74) is 9.84. The van der Waals surface area contributed by atoms with E-state index in [2.05, 4.69) is 154 Å². The van der Waals surface area contributed by atoms with E-state index in [9.17, 15) is 0 Å². The van der Waals surface area contributed by atoms with Crippen LogP contribution in [-0.4, -0.2) is 9.55 Å². The van der Waals surface area contributed by atoms with Crippen LogP contribution in [0.25, 0.3) is 70.2 Å². The molecule has 0 saturated carbocycles. The highest BCUT2D eigenvalue weighted by molar-refractivity contribution is 7.26. The molecule has 0 unspecified atom stereocenters. The molecule has 0 spiro atoms. The molecule has 8 aromatic rings. The first kappa shape index (κ1) is 26.9. The van der Waals surface area contributed by atoms with Crippen LogP contribution in [0.5, 0.6) is 0 Å². The maximum absolute atomic E-state index is 5.47. The summed E-state index contributed by atoms with van der Waals surface area (Å²) < 4.78 is 5.07. The van der Waals surface area contributed by atoms with Gasteiger partial charge < -0.3 is 0 Å². The largest absolute Gasteiger partial charge is 0.291 e. The van der Waals surface area contributed by atoms with E-state index < -0.39 is 0 Å². The van der Waals surface area contributed by atoms with E-state index in [-0.39, 0.29) is 0 Å². The SMILES string of the molecule is CC(C)c1cccc(C(C)C)c1-n1c(-c2cccc3c2sc2cc(-c4ccccc4)ccc23)nc2ccc3ccccc3c21. The lowest BCUT2D eigenvalue weighted by molar-refractivity contribution is 0.811. The molecule has 2 heterocycles. The minimum absolute atomic E-state index is 0.362. The zero-order valence-electron chi connectivity index (χ0n) is 25.5. The summed E-state index contributed by atoms with van der Waals surface area (Å²) in [4.78, 5) is 5.47. The molecule has 0 aliphatic carbocycles. The van der Waals surface area contributed by atoms with Gasteiger partial charge in [0.1, 0.15) is 5.82 Å². The summed E-state index contributed by atoms with van der Waals surface area (Å²) >= 11 is 1.88. The zero-order chi connectivity index (χ0) is 29.9. The average molecular weight is 587 g/mol. The fourth-order valence-corrected chi connectivity index (χ4v) is 8.04. The molecule has 0 aliphatic heterocycles. The Balaban J connectivity index is 1.49. The number of benzene rings is 6. The zero-order valence-corrected chi connectivity index (χ0v) is 26.3. The Morgan fingerprint density at radius 1 is 0.591 bits per heavy atom. The van der Waals surface area contributed by atoms with E-state index in [4.69, 9.17) is 4.98 Å². The lowest BCUT2D eigenvalue weighted by atomic mass is 9.92. The van der Waals surface area contributed by atoms with Crippen LogP contribution in [0.4, 0.5) is 0 Å². The van der Waals surface area contributed by atoms with E-state index in [1.54, 1.807) is 0 Å². The predicted octanol–water partition coefficient (Wildman–Crippen LogP) is 12.1. The summed E-state index contributed by atoms with van der Waals surface area (Å²) in [5, 5.41) is 5.04. The molecular weight excluding hydrogens is 553 g/mol. The predicted molar refractivity (Wildman–Crippen MR) is 191 cm³/mol. The highest BCUT2D eigenvalue weighted by Crippen LogP contribution is 2.44. The summed E-state index contributed by atoms with van der Waals surface area (Å²) in [5.74, 6) is 1.73. The van der Waals surface area contributed by atoms with Gasteiger partial charge in [-0.2, -0.15) is 0 Å². The molecule has 0 amide bonds. The number of fused-ring (bicyclic) bond motifs is 6. The third kappa shape index (κ3) is 4.18. The van der Waals surface area contributed by atoms with Crippen LogP contribution < -0.4 is 0 Å². The Bertz CT molecular complexity index is 2310. The molecule has 8 rings (SSSR count). The van der Waals surface area contributed by atoms with Crippen molar-refractivity contribution in [2.45, 2.75) is 39.5 Å². The van der Waals surface area contributed by atoms with Crippen LogP contribution in [0.1, 0.15) is 50.7 Å². The molecule has 0 fully saturated rings. The fourth-order valence-electron chi connectivity index (χ4n) is 6.79. The van der Waals surface area contributed by atoms with Gasteiger partial charge in [-0.25, -0.2) is 4.98 Å². The highest BCUT2D eigenvalue weighted by Gasteiger charge is 2.25. The average Bonchev–Trinajstić information content (AvgIpc) is 3.63. The quantitative estimate of drug-likeness (QED) is 0.196. The number of hydrogen-bond acceptors (Lipinski definition) is 2. The number of aromatic nitrogens is 2. The van der Waals surface area contributed by atoms with Crippen molar-refractivity contribution >= 4 is 53.3 Å². The van der Waals surface area contributed by atoms with Gasteiger partial charge in [0.2, 0.25) is 0 Å². The van der Waals surface area contributed by atoms with Gasteiger partial charge in [-0.15, -0.1) is 11.3 Å². The van der Waals surface area contributed by atoms with Gasteiger partial charge in [0, 0.05) is 31.1 Å². The van der Waals surface area contributed by atoms with Crippen molar-refractivity contribution in [3.63, 3.8) is 0 Å².